The third-order valence-corrected chi connectivity index (χ3v) is 4.51. The molecule has 0 unspecified atom stereocenters. The molecule has 0 saturated heterocycles. The van der Waals surface area contributed by atoms with E-state index in [9.17, 15) is 4.79 Å². The molecule has 27 heavy (non-hydrogen) atoms. The number of hydrogen-bond donors (Lipinski definition) is 1. The van der Waals surface area contributed by atoms with Crippen LogP contribution in [0.25, 0.3) is 11.4 Å². The SMILES string of the molecule is Cc1cccc(-c2noc(CN(C)CC(=O)Nc3ccc(Cl)c(Cl)c3)n2)c1. The molecule has 1 N–H and O–H groups in total. The highest BCUT2D eigenvalue weighted by Crippen LogP contribution is 2.25. The van der Waals surface area contributed by atoms with Crippen LogP contribution < -0.4 is 5.32 Å². The van der Waals surface area contributed by atoms with Crippen molar-refractivity contribution in [2.24, 2.45) is 0 Å². The predicted molar refractivity (Wildman–Crippen MR) is 106 cm³/mol. The van der Waals surface area contributed by atoms with Gasteiger partial charge in [-0.1, -0.05) is 52.1 Å². The lowest BCUT2D eigenvalue weighted by Gasteiger charge is -2.14. The van der Waals surface area contributed by atoms with Gasteiger partial charge in [0, 0.05) is 11.3 Å². The number of hydrogen-bond acceptors (Lipinski definition) is 5. The van der Waals surface area contributed by atoms with Crippen molar-refractivity contribution in [3.8, 4) is 11.4 Å². The summed E-state index contributed by atoms with van der Waals surface area (Å²) in [6.07, 6.45) is 0. The summed E-state index contributed by atoms with van der Waals surface area (Å²) in [5.41, 5.74) is 2.60. The third-order valence-electron chi connectivity index (χ3n) is 3.77. The lowest BCUT2D eigenvalue weighted by Crippen LogP contribution is -2.29. The van der Waals surface area contributed by atoms with E-state index in [1.807, 2.05) is 31.2 Å². The molecular formula is C19H18Cl2N4O2. The van der Waals surface area contributed by atoms with E-state index >= 15 is 0 Å². The van der Waals surface area contributed by atoms with Crippen molar-refractivity contribution in [2.75, 3.05) is 18.9 Å². The van der Waals surface area contributed by atoms with E-state index in [0.717, 1.165) is 11.1 Å². The molecule has 0 bridgehead atoms. The first kappa shape index (κ1) is 19.4. The summed E-state index contributed by atoms with van der Waals surface area (Å²) in [6, 6.07) is 12.8. The Hall–Kier alpha value is -2.41. The lowest BCUT2D eigenvalue weighted by molar-refractivity contribution is -0.117. The topological polar surface area (TPSA) is 71.3 Å². The van der Waals surface area contributed by atoms with Gasteiger partial charge in [-0.25, -0.2) is 0 Å². The molecule has 0 aliphatic carbocycles. The highest BCUT2D eigenvalue weighted by Gasteiger charge is 2.13. The van der Waals surface area contributed by atoms with Crippen LogP contribution in [0.15, 0.2) is 47.0 Å². The van der Waals surface area contributed by atoms with Crippen LogP contribution in [0.1, 0.15) is 11.5 Å². The van der Waals surface area contributed by atoms with Gasteiger partial charge in [-0.3, -0.25) is 9.69 Å². The second kappa shape index (κ2) is 8.52. The van der Waals surface area contributed by atoms with E-state index < -0.39 is 0 Å². The standard InChI is InChI=1S/C19H18Cl2N4O2/c1-12-4-3-5-13(8-12)19-23-18(27-24-19)11-25(2)10-17(26)22-14-6-7-15(20)16(21)9-14/h3-9H,10-11H2,1-2H3,(H,22,26). The Balaban J connectivity index is 1.56. The van der Waals surface area contributed by atoms with Crippen molar-refractivity contribution in [2.45, 2.75) is 13.5 Å². The summed E-state index contributed by atoms with van der Waals surface area (Å²) >= 11 is 11.8. The molecule has 0 radical (unpaired) electrons. The first-order valence-electron chi connectivity index (χ1n) is 8.24. The van der Waals surface area contributed by atoms with Gasteiger partial charge in [-0.05, 0) is 38.2 Å². The molecule has 0 saturated carbocycles. The van der Waals surface area contributed by atoms with E-state index in [1.165, 1.54) is 0 Å². The van der Waals surface area contributed by atoms with Crippen molar-refractivity contribution in [3.63, 3.8) is 0 Å². The Bertz CT molecular complexity index is 958. The number of amides is 1. The Kier molecular flexibility index (Phi) is 6.11. The van der Waals surface area contributed by atoms with Crippen LogP contribution in [-0.2, 0) is 11.3 Å². The first-order valence-corrected chi connectivity index (χ1v) is 8.99. The monoisotopic (exact) mass is 404 g/mol. The van der Waals surface area contributed by atoms with Gasteiger partial charge in [0.2, 0.25) is 17.6 Å². The van der Waals surface area contributed by atoms with Crippen LogP contribution in [0, 0.1) is 6.92 Å². The summed E-state index contributed by atoms with van der Waals surface area (Å²) in [4.78, 5) is 18.3. The van der Waals surface area contributed by atoms with Gasteiger partial charge in [-0.2, -0.15) is 4.98 Å². The van der Waals surface area contributed by atoms with E-state index in [2.05, 4.69) is 15.5 Å². The number of rotatable bonds is 6. The molecule has 1 amide bonds. The summed E-state index contributed by atoms with van der Waals surface area (Å²) in [5.74, 6) is 0.785. The predicted octanol–water partition coefficient (Wildman–Crippen LogP) is 4.42. The number of anilines is 1. The smallest absolute Gasteiger partial charge is 0.241 e. The van der Waals surface area contributed by atoms with Gasteiger partial charge in [0.05, 0.1) is 23.1 Å². The van der Waals surface area contributed by atoms with Gasteiger partial charge in [0.25, 0.3) is 0 Å². The van der Waals surface area contributed by atoms with Gasteiger partial charge >= 0.3 is 0 Å². The second-order valence-electron chi connectivity index (χ2n) is 6.23. The summed E-state index contributed by atoms with van der Waals surface area (Å²) in [6.45, 7) is 2.51. The van der Waals surface area contributed by atoms with Gasteiger partial charge in [0.1, 0.15) is 0 Å². The molecule has 8 heteroatoms. The average Bonchev–Trinajstić information content (AvgIpc) is 3.06. The quantitative estimate of drug-likeness (QED) is 0.657. The van der Waals surface area contributed by atoms with E-state index in [-0.39, 0.29) is 12.5 Å². The van der Waals surface area contributed by atoms with Crippen molar-refractivity contribution in [1.82, 2.24) is 15.0 Å². The minimum Gasteiger partial charge on any atom is -0.338 e. The molecule has 1 aromatic heterocycles. The largest absolute Gasteiger partial charge is 0.338 e. The van der Waals surface area contributed by atoms with Crippen molar-refractivity contribution in [3.05, 3.63) is 64.0 Å². The Morgan fingerprint density at radius 1 is 1.19 bits per heavy atom. The minimum absolute atomic E-state index is 0.155. The van der Waals surface area contributed by atoms with Crippen LogP contribution in [-0.4, -0.2) is 34.5 Å². The maximum absolute atomic E-state index is 12.2. The molecule has 0 fully saturated rings. The molecule has 0 spiro atoms. The molecular weight excluding hydrogens is 387 g/mol. The van der Waals surface area contributed by atoms with Gasteiger partial charge < -0.3 is 9.84 Å². The fraction of sp³-hybridized carbons (Fsp3) is 0.211. The number of likely N-dealkylation sites (N-methyl/N-ethyl adjacent to an activating group) is 1. The van der Waals surface area contributed by atoms with Gasteiger partial charge in [-0.15, -0.1) is 0 Å². The van der Waals surface area contributed by atoms with Crippen molar-refractivity contribution in [1.29, 1.82) is 0 Å². The zero-order valence-electron chi connectivity index (χ0n) is 14.9. The Morgan fingerprint density at radius 2 is 2.00 bits per heavy atom. The minimum atomic E-state index is -0.186. The molecule has 1 heterocycles. The summed E-state index contributed by atoms with van der Waals surface area (Å²) < 4.78 is 5.29. The van der Waals surface area contributed by atoms with Crippen LogP contribution >= 0.6 is 23.2 Å². The number of nitrogens with zero attached hydrogens (tertiary/aromatic N) is 3. The number of aryl methyl sites for hydroxylation is 1. The number of nitrogens with one attached hydrogen (secondary N) is 1. The number of benzene rings is 2. The molecule has 0 aliphatic rings. The first-order chi connectivity index (χ1) is 12.9. The number of carbonyl (C=O) groups excluding carboxylic acids is 1. The van der Waals surface area contributed by atoms with Crippen LogP contribution in [0.5, 0.6) is 0 Å². The maximum Gasteiger partial charge on any atom is 0.241 e. The molecule has 0 atom stereocenters. The van der Waals surface area contributed by atoms with Crippen molar-refractivity contribution < 1.29 is 9.32 Å². The third kappa shape index (κ3) is 5.29. The fourth-order valence-corrected chi connectivity index (χ4v) is 2.82. The highest BCUT2D eigenvalue weighted by atomic mass is 35.5. The molecule has 6 nitrogen and oxygen atoms in total. The van der Waals surface area contributed by atoms with E-state index in [0.29, 0.717) is 34.0 Å². The molecule has 2 aromatic carbocycles. The van der Waals surface area contributed by atoms with Crippen LogP contribution in [0.3, 0.4) is 0 Å². The Morgan fingerprint density at radius 3 is 2.74 bits per heavy atom. The zero-order chi connectivity index (χ0) is 19.4. The van der Waals surface area contributed by atoms with Gasteiger partial charge in [0.15, 0.2) is 0 Å². The van der Waals surface area contributed by atoms with Crippen LogP contribution in [0.2, 0.25) is 10.0 Å². The van der Waals surface area contributed by atoms with E-state index in [1.54, 1.807) is 30.1 Å². The molecule has 140 valence electrons. The second-order valence-corrected chi connectivity index (χ2v) is 7.04. The fourth-order valence-electron chi connectivity index (χ4n) is 2.53. The Labute approximate surface area is 167 Å². The van der Waals surface area contributed by atoms with Crippen LogP contribution in [0.4, 0.5) is 5.69 Å². The number of carbonyl (C=O) groups is 1. The number of aromatic nitrogens is 2. The molecule has 0 aliphatic heterocycles. The zero-order valence-corrected chi connectivity index (χ0v) is 16.4. The highest BCUT2D eigenvalue weighted by molar-refractivity contribution is 6.42. The average molecular weight is 405 g/mol. The summed E-state index contributed by atoms with van der Waals surface area (Å²) in [5, 5.41) is 7.60. The number of halogens is 2. The summed E-state index contributed by atoms with van der Waals surface area (Å²) in [7, 11) is 1.80. The molecule has 3 aromatic rings. The van der Waals surface area contributed by atoms with E-state index in [4.69, 9.17) is 27.7 Å². The maximum atomic E-state index is 12.2. The lowest BCUT2D eigenvalue weighted by atomic mass is 10.1. The van der Waals surface area contributed by atoms with Crippen molar-refractivity contribution >= 4 is 34.8 Å². The molecule has 3 rings (SSSR count). The normalized spacial score (nSPS) is 11.0.